The minimum Gasteiger partial charge on any atom is -0.351 e. The van der Waals surface area contributed by atoms with Crippen molar-refractivity contribution >= 4 is 28.8 Å². The third kappa shape index (κ3) is 4.98. The van der Waals surface area contributed by atoms with Crippen LogP contribution >= 0.6 is 11.3 Å². The highest BCUT2D eigenvalue weighted by atomic mass is 32.1. The van der Waals surface area contributed by atoms with Crippen LogP contribution in [0.5, 0.6) is 0 Å². The number of benzene rings is 2. The molecule has 0 aliphatic heterocycles. The van der Waals surface area contributed by atoms with Crippen LogP contribution in [-0.4, -0.2) is 23.3 Å². The van der Waals surface area contributed by atoms with E-state index in [1.54, 1.807) is 17.4 Å². The third-order valence-corrected chi connectivity index (χ3v) is 4.65. The van der Waals surface area contributed by atoms with E-state index in [9.17, 15) is 18.4 Å². The van der Waals surface area contributed by atoms with Crippen LogP contribution in [0.25, 0.3) is 11.3 Å². The summed E-state index contributed by atoms with van der Waals surface area (Å²) in [6.45, 7) is 1.94. The average Bonchev–Trinajstić information content (AvgIpc) is 3.08. The molecule has 8 heteroatoms. The molecule has 0 radical (unpaired) electrons. The molecule has 0 atom stereocenters. The second-order valence-electron chi connectivity index (χ2n) is 6.01. The van der Waals surface area contributed by atoms with E-state index >= 15 is 0 Å². The van der Waals surface area contributed by atoms with Gasteiger partial charge in [0.05, 0.1) is 16.3 Å². The van der Waals surface area contributed by atoms with E-state index in [1.807, 2.05) is 30.5 Å². The Morgan fingerprint density at radius 3 is 2.68 bits per heavy atom. The Labute approximate surface area is 164 Å². The molecule has 3 aromatic rings. The summed E-state index contributed by atoms with van der Waals surface area (Å²) >= 11 is 1.55. The summed E-state index contributed by atoms with van der Waals surface area (Å²) < 4.78 is 26.5. The summed E-state index contributed by atoms with van der Waals surface area (Å²) in [7, 11) is 0. The number of aryl methyl sites for hydroxylation is 1. The lowest BCUT2D eigenvalue weighted by atomic mass is 10.1. The van der Waals surface area contributed by atoms with Gasteiger partial charge in [0.2, 0.25) is 5.91 Å². The molecular weight excluding hydrogens is 384 g/mol. The zero-order valence-corrected chi connectivity index (χ0v) is 15.8. The third-order valence-electron chi connectivity index (χ3n) is 3.87. The van der Waals surface area contributed by atoms with Gasteiger partial charge in [0, 0.05) is 35.7 Å². The first kappa shape index (κ1) is 19.6. The zero-order chi connectivity index (χ0) is 20.1. The van der Waals surface area contributed by atoms with E-state index in [-0.39, 0.29) is 24.4 Å². The number of amides is 2. The number of halogens is 2. The summed E-state index contributed by atoms with van der Waals surface area (Å²) in [6, 6.07) is 10.00. The van der Waals surface area contributed by atoms with Crippen LogP contribution in [0.1, 0.15) is 21.8 Å². The molecule has 0 saturated heterocycles. The number of thiazole rings is 1. The first-order valence-corrected chi connectivity index (χ1v) is 9.36. The molecule has 28 heavy (non-hydrogen) atoms. The summed E-state index contributed by atoms with van der Waals surface area (Å²) in [4.78, 5) is 28.4. The highest BCUT2D eigenvalue weighted by Gasteiger charge is 2.13. The number of carbonyl (C=O) groups excluding carboxylic acids is 2. The van der Waals surface area contributed by atoms with Crippen LogP contribution in [0.4, 0.5) is 14.5 Å². The average molecular weight is 401 g/mol. The lowest BCUT2D eigenvalue weighted by molar-refractivity contribution is -0.116. The summed E-state index contributed by atoms with van der Waals surface area (Å²) in [5, 5.41) is 8.10. The van der Waals surface area contributed by atoms with Gasteiger partial charge in [-0.15, -0.1) is 11.3 Å². The van der Waals surface area contributed by atoms with Crippen LogP contribution in [-0.2, 0) is 4.79 Å². The van der Waals surface area contributed by atoms with Gasteiger partial charge in [-0.25, -0.2) is 13.8 Å². The Morgan fingerprint density at radius 1 is 1.14 bits per heavy atom. The molecule has 0 unspecified atom stereocenters. The van der Waals surface area contributed by atoms with Crippen molar-refractivity contribution in [3.8, 4) is 11.3 Å². The van der Waals surface area contributed by atoms with Gasteiger partial charge in [-0.3, -0.25) is 9.59 Å². The first-order chi connectivity index (χ1) is 13.4. The van der Waals surface area contributed by atoms with Crippen LogP contribution in [0.2, 0.25) is 0 Å². The molecule has 0 fully saturated rings. The monoisotopic (exact) mass is 401 g/mol. The highest BCUT2D eigenvalue weighted by molar-refractivity contribution is 7.09. The molecule has 0 bridgehead atoms. The van der Waals surface area contributed by atoms with E-state index in [4.69, 9.17) is 0 Å². The fourth-order valence-electron chi connectivity index (χ4n) is 2.53. The van der Waals surface area contributed by atoms with E-state index in [0.29, 0.717) is 11.8 Å². The number of aromatic nitrogens is 1. The predicted octanol–water partition coefficient (Wildman–Crippen LogP) is 4.16. The molecule has 3 rings (SSSR count). The molecule has 2 N–H and O–H groups in total. The van der Waals surface area contributed by atoms with Gasteiger partial charge in [0.25, 0.3) is 5.91 Å². The predicted molar refractivity (Wildman–Crippen MR) is 104 cm³/mol. The molecular formula is C20H17F2N3O2S. The van der Waals surface area contributed by atoms with Gasteiger partial charge >= 0.3 is 0 Å². The maximum atomic E-state index is 13.6. The molecule has 0 aliphatic rings. The number of anilines is 1. The van der Waals surface area contributed by atoms with Crippen molar-refractivity contribution in [2.24, 2.45) is 0 Å². The molecule has 0 spiro atoms. The molecule has 144 valence electrons. The van der Waals surface area contributed by atoms with Crippen molar-refractivity contribution in [3.63, 3.8) is 0 Å². The first-order valence-electron chi connectivity index (χ1n) is 8.48. The van der Waals surface area contributed by atoms with Crippen molar-refractivity contribution < 1.29 is 18.4 Å². The van der Waals surface area contributed by atoms with Crippen LogP contribution in [0.3, 0.4) is 0 Å². The largest absolute Gasteiger partial charge is 0.351 e. The smallest absolute Gasteiger partial charge is 0.254 e. The minimum absolute atomic E-state index is 0.00852. The molecule has 1 heterocycles. The van der Waals surface area contributed by atoms with E-state index in [1.165, 1.54) is 0 Å². The number of nitrogens with zero attached hydrogens (tertiary/aromatic N) is 1. The molecule has 1 aromatic heterocycles. The quantitative estimate of drug-likeness (QED) is 0.652. The highest BCUT2D eigenvalue weighted by Crippen LogP contribution is 2.24. The van der Waals surface area contributed by atoms with Gasteiger partial charge in [-0.05, 0) is 31.2 Å². The van der Waals surface area contributed by atoms with Gasteiger partial charge in [-0.2, -0.15) is 0 Å². The Kier molecular flexibility index (Phi) is 6.10. The lowest BCUT2D eigenvalue weighted by Gasteiger charge is -2.08. The van der Waals surface area contributed by atoms with Crippen molar-refractivity contribution in [2.75, 3.05) is 11.9 Å². The second kappa shape index (κ2) is 8.71. The molecule has 2 amide bonds. The lowest BCUT2D eigenvalue weighted by Crippen LogP contribution is -2.28. The van der Waals surface area contributed by atoms with Crippen LogP contribution in [0.15, 0.2) is 47.8 Å². The SMILES string of the molecule is Cc1nc(-c2cccc(NC(=O)CCNC(=O)c3ccc(F)cc3F)c2)cs1. The minimum atomic E-state index is -0.948. The number of carbonyl (C=O) groups is 2. The van der Waals surface area contributed by atoms with Crippen molar-refractivity contribution in [2.45, 2.75) is 13.3 Å². The Bertz CT molecular complexity index is 1020. The Hall–Kier alpha value is -3.13. The Morgan fingerprint density at radius 2 is 1.96 bits per heavy atom. The summed E-state index contributed by atoms with van der Waals surface area (Å²) in [6.07, 6.45) is 0.00852. The number of hydrogen-bond donors (Lipinski definition) is 2. The van der Waals surface area contributed by atoms with Gasteiger partial charge in [0.1, 0.15) is 11.6 Å². The molecule has 2 aromatic carbocycles. The number of hydrogen-bond acceptors (Lipinski definition) is 4. The fourth-order valence-corrected chi connectivity index (χ4v) is 3.16. The topological polar surface area (TPSA) is 71.1 Å². The van der Waals surface area contributed by atoms with Gasteiger partial charge < -0.3 is 10.6 Å². The Balaban J connectivity index is 1.52. The standard InChI is InChI=1S/C20H17F2N3O2S/c1-12-24-18(11-28-12)13-3-2-4-15(9-13)25-19(26)7-8-23-20(27)16-6-5-14(21)10-17(16)22/h2-6,9-11H,7-8H2,1H3,(H,23,27)(H,25,26). The second-order valence-corrected chi connectivity index (χ2v) is 7.07. The van der Waals surface area contributed by atoms with Crippen LogP contribution in [0, 0.1) is 18.6 Å². The van der Waals surface area contributed by atoms with E-state index < -0.39 is 17.5 Å². The number of rotatable bonds is 6. The van der Waals surface area contributed by atoms with Crippen molar-refractivity contribution in [1.29, 1.82) is 0 Å². The van der Waals surface area contributed by atoms with E-state index in [0.717, 1.165) is 28.4 Å². The molecule has 0 aliphatic carbocycles. The fraction of sp³-hybridized carbons (Fsp3) is 0.150. The van der Waals surface area contributed by atoms with Gasteiger partial charge in [0.15, 0.2) is 0 Å². The summed E-state index contributed by atoms with van der Waals surface area (Å²) in [5.74, 6) is -2.71. The normalized spacial score (nSPS) is 10.5. The van der Waals surface area contributed by atoms with Crippen LogP contribution < -0.4 is 10.6 Å². The van der Waals surface area contributed by atoms with Crippen molar-refractivity contribution in [3.05, 3.63) is 70.1 Å². The maximum absolute atomic E-state index is 13.6. The number of nitrogens with one attached hydrogen (secondary N) is 2. The molecule has 0 saturated carbocycles. The van der Waals surface area contributed by atoms with E-state index in [2.05, 4.69) is 15.6 Å². The van der Waals surface area contributed by atoms with Gasteiger partial charge in [-0.1, -0.05) is 12.1 Å². The zero-order valence-electron chi connectivity index (χ0n) is 15.0. The summed E-state index contributed by atoms with van der Waals surface area (Å²) in [5.41, 5.74) is 2.08. The molecule has 5 nitrogen and oxygen atoms in total. The maximum Gasteiger partial charge on any atom is 0.254 e. The van der Waals surface area contributed by atoms with Crippen molar-refractivity contribution in [1.82, 2.24) is 10.3 Å².